The molecular formula is C11H11ClFNO. The minimum atomic E-state index is -0.504. The molecule has 0 saturated heterocycles. The monoisotopic (exact) mass is 227 g/mol. The van der Waals surface area contributed by atoms with E-state index in [2.05, 4.69) is 17.2 Å². The average Bonchev–Trinajstić information content (AvgIpc) is 2.19. The van der Waals surface area contributed by atoms with Gasteiger partial charge in [0.2, 0.25) is 0 Å². The van der Waals surface area contributed by atoms with Crippen molar-refractivity contribution in [3.05, 3.63) is 28.5 Å². The Hall–Kier alpha value is -1.24. The van der Waals surface area contributed by atoms with E-state index in [1.165, 1.54) is 0 Å². The highest BCUT2D eigenvalue weighted by molar-refractivity contribution is 6.32. The summed E-state index contributed by atoms with van der Waals surface area (Å²) >= 11 is 5.59. The molecular weight excluding hydrogens is 217 g/mol. The summed E-state index contributed by atoms with van der Waals surface area (Å²) < 4.78 is 12.9. The van der Waals surface area contributed by atoms with Gasteiger partial charge in [0.05, 0.1) is 10.6 Å². The molecule has 1 rings (SSSR count). The van der Waals surface area contributed by atoms with Crippen molar-refractivity contribution in [3.8, 4) is 17.6 Å². The molecule has 0 aromatic heterocycles. The largest absolute Gasteiger partial charge is 0.505 e. The van der Waals surface area contributed by atoms with Crippen molar-refractivity contribution in [1.29, 1.82) is 0 Å². The molecule has 0 aliphatic carbocycles. The molecule has 0 fully saturated rings. The summed E-state index contributed by atoms with van der Waals surface area (Å²) in [5, 5.41) is 12.4. The van der Waals surface area contributed by atoms with Gasteiger partial charge in [-0.3, -0.25) is 0 Å². The van der Waals surface area contributed by atoms with E-state index in [-0.39, 0.29) is 16.3 Å². The van der Waals surface area contributed by atoms with Crippen molar-refractivity contribution in [1.82, 2.24) is 5.32 Å². The first-order chi connectivity index (χ1) is 7.15. The summed E-state index contributed by atoms with van der Waals surface area (Å²) in [6.45, 7) is 0.747. The Kier molecular flexibility index (Phi) is 4.41. The van der Waals surface area contributed by atoms with Crippen LogP contribution in [0, 0.1) is 17.7 Å². The maximum absolute atomic E-state index is 12.9. The lowest BCUT2D eigenvalue weighted by Gasteiger charge is -1.99. The van der Waals surface area contributed by atoms with Crippen LogP contribution in [0.15, 0.2) is 12.1 Å². The lowest BCUT2D eigenvalue weighted by Crippen LogP contribution is -2.05. The number of hydrogen-bond acceptors (Lipinski definition) is 2. The summed E-state index contributed by atoms with van der Waals surface area (Å²) in [6.07, 6.45) is 0.629. The summed E-state index contributed by atoms with van der Waals surface area (Å²) in [7, 11) is 1.82. The molecule has 1 aromatic rings. The minimum absolute atomic E-state index is 0.0204. The van der Waals surface area contributed by atoms with Crippen LogP contribution in [0.5, 0.6) is 5.75 Å². The van der Waals surface area contributed by atoms with Crippen LogP contribution in [0.25, 0.3) is 0 Å². The number of hydrogen-bond donors (Lipinski definition) is 2. The second-order valence-corrected chi connectivity index (χ2v) is 3.35. The van der Waals surface area contributed by atoms with Crippen LogP contribution in [-0.2, 0) is 0 Å². The number of halogens is 2. The van der Waals surface area contributed by atoms with E-state index in [0.29, 0.717) is 6.42 Å². The minimum Gasteiger partial charge on any atom is -0.505 e. The van der Waals surface area contributed by atoms with Gasteiger partial charge in [0.1, 0.15) is 11.6 Å². The summed E-state index contributed by atoms with van der Waals surface area (Å²) in [6, 6.07) is 2.21. The van der Waals surface area contributed by atoms with Crippen LogP contribution in [0.2, 0.25) is 5.02 Å². The highest BCUT2D eigenvalue weighted by Crippen LogP contribution is 2.27. The smallest absolute Gasteiger partial charge is 0.149 e. The second kappa shape index (κ2) is 5.59. The number of rotatable bonds is 2. The molecule has 15 heavy (non-hydrogen) atoms. The molecule has 0 saturated carbocycles. The van der Waals surface area contributed by atoms with Gasteiger partial charge >= 0.3 is 0 Å². The van der Waals surface area contributed by atoms with Gasteiger partial charge in [0.25, 0.3) is 0 Å². The van der Waals surface area contributed by atoms with Crippen LogP contribution in [-0.4, -0.2) is 18.7 Å². The highest BCUT2D eigenvalue weighted by atomic mass is 35.5. The molecule has 2 N–H and O–H groups in total. The highest BCUT2D eigenvalue weighted by Gasteiger charge is 2.05. The number of aromatic hydroxyl groups is 1. The molecule has 0 atom stereocenters. The maximum atomic E-state index is 12.9. The zero-order chi connectivity index (χ0) is 11.3. The summed E-state index contributed by atoms with van der Waals surface area (Å²) in [4.78, 5) is 0. The molecule has 0 bridgehead atoms. The van der Waals surface area contributed by atoms with Crippen molar-refractivity contribution >= 4 is 11.6 Å². The third kappa shape index (κ3) is 3.43. The van der Waals surface area contributed by atoms with E-state index in [9.17, 15) is 9.50 Å². The predicted molar refractivity (Wildman–Crippen MR) is 58.5 cm³/mol. The summed E-state index contributed by atoms with van der Waals surface area (Å²) in [5.74, 6) is 4.79. The number of phenols is 1. The van der Waals surface area contributed by atoms with E-state index in [4.69, 9.17) is 11.6 Å². The molecule has 0 aliphatic heterocycles. The first-order valence-corrected chi connectivity index (χ1v) is 4.84. The Morgan fingerprint density at radius 3 is 2.93 bits per heavy atom. The number of benzene rings is 1. The Bertz CT molecular complexity index is 409. The van der Waals surface area contributed by atoms with E-state index >= 15 is 0 Å². The van der Waals surface area contributed by atoms with Crippen LogP contribution in [0.1, 0.15) is 12.0 Å². The van der Waals surface area contributed by atoms with E-state index < -0.39 is 5.82 Å². The Balaban J connectivity index is 2.88. The van der Waals surface area contributed by atoms with Gasteiger partial charge in [0.15, 0.2) is 0 Å². The van der Waals surface area contributed by atoms with Gasteiger partial charge in [-0.15, -0.1) is 0 Å². The van der Waals surface area contributed by atoms with Gasteiger partial charge in [-0.1, -0.05) is 23.4 Å². The zero-order valence-electron chi connectivity index (χ0n) is 8.27. The third-order valence-electron chi connectivity index (χ3n) is 1.75. The zero-order valence-corrected chi connectivity index (χ0v) is 9.03. The molecule has 0 radical (unpaired) electrons. The molecule has 0 unspecified atom stereocenters. The van der Waals surface area contributed by atoms with Crippen molar-refractivity contribution in [2.75, 3.05) is 13.6 Å². The molecule has 0 heterocycles. The van der Waals surface area contributed by atoms with Crippen molar-refractivity contribution in [3.63, 3.8) is 0 Å². The fourth-order valence-electron chi connectivity index (χ4n) is 1.01. The van der Waals surface area contributed by atoms with Crippen molar-refractivity contribution < 1.29 is 9.50 Å². The van der Waals surface area contributed by atoms with Gasteiger partial charge in [0, 0.05) is 13.0 Å². The summed E-state index contributed by atoms with van der Waals surface area (Å²) in [5.41, 5.74) is 0.219. The average molecular weight is 228 g/mol. The Labute approximate surface area is 93.1 Å². The molecule has 4 heteroatoms. The van der Waals surface area contributed by atoms with Crippen LogP contribution in [0.3, 0.4) is 0 Å². The Morgan fingerprint density at radius 2 is 2.27 bits per heavy atom. The van der Waals surface area contributed by atoms with Crippen LogP contribution < -0.4 is 5.32 Å². The number of phenolic OH excluding ortho intramolecular Hbond substituents is 1. The van der Waals surface area contributed by atoms with Gasteiger partial charge in [-0.25, -0.2) is 4.39 Å². The fraction of sp³-hybridized carbons (Fsp3) is 0.273. The standard InChI is InChI=1S/C11H11ClFNO/c1-14-5-3-2-4-8-6-9(13)7-10(12)11(8)15/h6-7,14-15H,3,5H2,1H3. The van der Waals surface area contributed by atoms with Crippen molar-refractivity contribution in [2.24, 2.45) is 0 Å². The first kappa shape index (κ1) is 11.8. The fourth-order valence-corrected chi connectivity index (χ4v) is 1.21. The van der Waals surface area contributed by atoms with Crippen LogP contribution in [0.4, 0.5) is 4.39 Å². The van der Waals surface area contributed by atoms with Crippen molar-refractivity contribution in [2.45, 2.75) is 6.42 Å². The molecule has 0 aliphatic rings. The molecule has 0 spiro atoms. The quantitative estimate of drug-likeness (QED) is 0.600. The SMILES string of the molecule is CNCCC#Cc1cc(F)cc(Cl)c1O. The van der Waals surface area contributed by atoms with Gasteiger partial charge < -0.3 is 10.4 Å². The van der Waals surface area contributed by atoms with Gasteiger partial charge in [-0.2, -0.15) is 0 Å². The van der Waals surface area contributed by atoms with E-state index in [1.54, 1.807) is 0 Å². The lowest BCUT2D eigenvalue weighted by atomic mass is 10.2. The molecule has 2 nitrogen and oxygen atoms in total. The predicted octanol–water partition coefficient (Wildman–Crippen LogP) is 2.15. The van der Waals surface area contributed by atoms with E-state index in [1.807, 2.05) is 7.05 Å². The third-order valence-corrected chi connectivity index (χ3v) is 2.04. The molecule has 0 amide bonds. The molecule has 80 valence electrons. The van der Waals surface area contributed by atoms with Gasteiger partial charge in [-0.05, 0) is 19.2 Å². The lowest BCUT2D eigenvalue weighted by molar-refractivity contribution is 0.471. The van der Waals surface area contributed by atoms with E-state index in [0.717, 1.165) is 18.7 Å². The second-order valence-electron chi connectivity index (χ2n) is 2.94. The topological polar surface area (TPSA) is 32.3 Å². The Morgan fingerprint density at radius 1 is 1.53 bits per heavy atom. The van der Waals surface area contributed by atoms with Crippen LogP contribution >= 0.6 is 11.6 Å². The first-order valence-electron chi connectivity index (χ1n) is 4.46. The normalized spacial score (nSPS) is 9.53. The maximum Gasteiger partial charge on any atom is 0.149 e. The molecule has 1 aromatic carbocycles. The number of nitrogens with one attached hydrogen (secondary N) is 1.